The highest BCUT2D eigenvalue weighted by atomic mass is 16.5. The van der Waals surface area contributed by atoms with Crippen LogP contribution in [0, 0.1) is 5.92 Å². The van der Waals surface area contributed by atoms with Crippen LogP contribution in [0.5, 0.6) is 11.5 Å². The summed E-state index contributed by atoms with van der Waals surface area (Å²) in [7, 11) is 9.11. The van der Waals surface area contributed by atoms with Crippen LogP contribution in [0.3, 0.4) is 0 Å². The van der Waals surface area contributed by atoms with Gasteiger partial charge in [0.2, 0.25) is 5.91 Å². The number of hydrogen-bond donors (Lipinski definition) is 0. The van der Waals surface area contributed by atoms with Crippen molar-refractivity contribution in [1.82, 2.24) is 14.4 Å². The molecule has 0 N–H and O–H groups in total. The Morgan fingerprint density at radius 2 is 1.78 bits per heavy atom. The second-order valence-corrected chi connectivity index (χ2v) is 9.23. The number of amides is 1. The molecule has 7 nitrogen and oxygen atoms in total. The molecule has 7 heteroatoms. The quantitative estimate of drug-likeness (QED) is 0.664. The number of fused-ring (bicyclic) bond motifs is 1. The number of rotatable bonds is 7. The van der Waals surface area contributed by atoms with Gasteiger partial charge in [-0.3, -0.25) is 9.59 Å². The highest BCUT2D eigenvalue weighted by Crippen LogP contribution is 2.38. The van der Waals surface area contributed by atoms with Crippen LogP contribution in [0.15, 0.2) is 23.1 Å². The number of hydrogen-bond acceptors (Lipinski definition) is 5. The van der Waals surface area contributed by atoms with Crippen molar-refractivity contribution in [1.29, 1.82) is 0 Å². The minimum absolute atomic E-state index is 0.0316. The number of methoxy groups -OCH3 is 2. The smallest absolute Gasteiger partial charge is 0.255 e. The topological polar surface area (TPSA) is 64.0 Å². The Bertz CT molecular complexity index is 1060. The van der Waals surface area contributed by atoms with E-state index >= 15 is 0 Å². The van der Waals surface area contributed by atoms with E-state index in [1.165, 1.54) is 0 Å². The van der Waals surface area contributed by atoms with E-state index in [0.717, 1.165) is 52.2 Å². The average molecular weight is 440 g/mol. The molecule has 1 aromatic heterocycles. The molecule has 1 fully saturated rings. The Kier molecular flexibility index (Phi) is 6.29. The van der Waals surface area contributed by atoms with Crippen molar-refractivity contribution in [3.05, 3.63) is 45.4 Å². The Balaban J connectivity index is 1.76. The zero-order chi connectivity index (χ0) is 23.0. The summed E-state index contributed by atoms with van der Waals surface area (Å²) in [5, 5.41) is 0. The van der Waals surface area contributed by atoms with E-state index in [-0.39, 0.29) is 11.5 Å². The van der Waals surface area contributed by atoms with E-state index in [1.807, 2.05) is 37.3 Å². The highest BCUT2D eigenvalue weighted by molar-refractivity contribution is 5.78. The SMILES string of the molecule is COc1cc(-c2cn(C)c(=O)c3c2CCN(C(=O)CC2CC2)C3)cc(OC)c1CN(C)C. The summed E-state index contributed by atoms with van der Waals surface area (Å²) in [5.41, 5.74) is 4.63. The predicted octanol–water partition coefficient (Wildman–Crippen LogP) is 2.82. The Morgan fingerprint density at radius 1 is 1.12 bits per heavy atom. The summed E-state index contributed by atoms with van der Waals surface area (Å²) in [5.74, 6) is 2.22. The van der Waals surface area contributed by atoms with Gasteiger partial charge >= 0.3 is 0 Å². The molecule has 2 aromatic rings. The summed E-state index contributed by atoms with van der Waals surface area (Å²) in [6.45, 7) is 1.72. The van der Waals surface area contributed by atoms with Gasteiger partial charge in [0, 0.05) is 43.9 Å². The fourth-order valence-corrected chi connectivity index (χ4v) is 4.57. The number of carbonyl (C=O) groups is 1. The van der Waals surface area contributed by atoms with Crippen LogP contribution >= 0.6 is 0 Å². The maximum atomic E-state index is 13.0. The van der Waals surface area contributed by atoms with Gasteiger partial charge in [-0.2, -0.15) is 0 Å². The van der Waals surface area contributed by atoms with Crippen molar-refractivity contribution in [3.63, 3.8) is 0 Å². The highest BCUT2D eigenvalue weighted by Gasteiger charge is 2.30. The molecule has 2 heterocycles. The van der Waals surface area contributed by atoms with Crippen LogP contribution < -0.4 is 15.0 Å². The van der Waals surface area contributed by atoms with Crippen LogP contribution in [0.2, 0.25) is 0 Å². The first kappa shape index (κ1) is 22.4. The summed E-state index contributed by atoms with van der Waals surface area (Å²) in [6.07, 6.45) is 5.46. The normalized spacial score (nSPS) is 15.6. The maximum absolute atomic E-state index is 13.0. The first-order chi connectivity index (χ1) is 15.3. The molecule has 172 valence electrons. The van der Waals surface area contributed by atoms with Crippen molar-refractivity contribution in [2.24, 2.45) is 13.0 Å². The van der Waals surface area contributed by atoms with E-state index in [4.69, 9.17) is 9.47 Å². The molecule has 0 spiro atoms. The number of aryl methyl sites for hydroxylation is 1. The molecule has 0 unspecified atom stereocenters. The third-order valence-electron chi connectivity index (χ3n) is 6.48. The minimum atomic E-state index is -0.0316. The van der Waals surface area contributed by atoms with Crippen molar-refractivity contribution >= 4 is 5.91 Å². The fourth-order valence-electron chi connectivity index (χ4n) is 4.57. The summed E-state index contributed by atoms with van der Waals surface area (Å²) in [6, 6.07) is 4.04. The third-order valence-corrected chi connectivity index (χ3v) is 6.48. The average Bonchev–Trinajstić information content (AvgIpc) is 3.59. The summed E-state index contributed by atoms with van der Waals surface area (Å²) >= 11 is 0. The Morgan fingerprint density at radius 3 is 2.34 bits per heavy atom. The molecule has 1 aliphatic heterocycles. The van der Waals surface area contributed by atoms with Gasteiger partial charge in [-0.25, -0.2) is 0 Å². The number of benzene rings is 1. The zero-order valence-electron chi connectivity index (χ0n) is 19.7. The van der Waals surface area contributed by atoms with Gasteiger partial charge < -0.3 is 23.8 Å². The lowest BCUT2D eigenvalue weighted by Crippen LogP contribution is -2.40. The first-order valence-corrected chi connectivity index (χ1v) is 11.2. The largest absolute Gasteiger partial charge is 0.496 e. The molecule has 0 saturated heterocycles. The third kappa shape index (κ3) is 4.39. The van der Waals surface area contributed by atoms with E-state index in [2.05, 4.69) is 4.90 Å². The van der Waals surface area contributed by atoms with Crippen LogP contribution in [0.1, 0.15) is 36.0 Å². The first-order valence-electron chi connectivity index (χ1n) is 11.2. The minimum Gasteiger partial charge on any atom is -0.496 e. The van der Waals surface area contributed by atoms with Gasteiger partial charge in [0.25, 0.3) is 5.56 Å². The molecule has 32 heavy (non-hydrogen) atoms. The number of ether oxygens (including phenoxy) is 2. The lowest BCUT2D eigenvalue weighted by atomic mass is 9.91. The van der Waals surface area contributed by atoms with Crippen molar-refractivity contribution in [3.8, 4) is 22.6 Å². The molecule has 2 aliphatic rings. The Labute approximate surface area is 189 Å². The molecular weight excluding hydrogens is 406 g/mol. The van der Waals surface area contributed by atoms with Crippen molar-refractivity contribution in [2.75, 3.05) is 34.9 Å². The standard InChI is InChI=1S/C25H33N3O4/c1-26(2)13-21-22(31-4)11-17(12-23(21)32-5)19-14-27(3)25(30)20-15-28(9-8-18(19)20)24(29)10-16-6-7-16/h11-12,14,16H,6-10,13,15H2,1-5H3. The predicted molar refractivity (Wildman–Crippen MR) is 124 cm³/mol. The Hall–Kier alpha value is -2.80. The number of nitrogens with zero attached hydrogens (tertiary/aromatic N) is 3. The van der Waals surface area contributed by atoms with E-state index < -0.39 is 0 Å². The van der Waals surface area contributed by atoms with Crippen molar-refractivity contribution in [2.45, 2.75) is 38.8 Å². The zero-order valence-corrected chi connectivity index (χ0v) is 19.7. The molecule has 4 rings (SSSR count). The van der Waals surface area contributed by atoms with E-state index in [1.54, 1.807) is 25.8 Å². The summed E-state index contributed by atoms with van der Waals surface area (Å²) < 4.78 is 13.0. The molecule has 1 aliphatic carbocycles. The number of carbonyl (C=O) groups excluding carboxylic acids is 1. The van der Waals surface area contributed by atoms with Gasteiger partial charge in [0.1, 0.15) is 11.5 Å². The lowest BCUT2D eigenvalue weighted by molar-refractivity contribution is -0.132. The molecule has 1 saturated carbocycles. The fraction of sp³-hybridized carbons (Fsp3) is 0.520. The van der Waals surface area contributed by atoms with Crippen LogP contribution in [0.4, 0.5) is 0 Å². The monoisotopic (exact) mass is 439 g/mol. The van der Waals surface area contributed by atoms with Gasteiger partial charge in [0.15, 0.2) is 0 Å². The molecule has 1 amide bonds. The van der Waals surface area contributed by atoms with Crippen LogP contribution in [-0.4, -0.2) is 55.1 Å². The second kappa shape index (κ2) is 8.98. The van der Waals surface area contributed by atoms with Gasteiger partial charge in [-0.15, -0.1) is 0 Å². The van der Waals surface area contributed by atoms with Crippen LogP contribution in [0.25, 0.3) is 11.1 Å². The molecule has 1 aromatic carbocycles. The second-order valence-electron chi connectivity index (χ2n) is 9.23. The lowest BCUT2D eigenvalue weighted by Gasteiger charge is -2.30. The molecule has 0 atom stereocenters. The molecule has 0 bridgehead atoms. The van der Waals surface area contributed by atoms with E-state index in [9.17, 15) is 9.59 Å². The van der Waals surface area contributed by atoms with Gasteiger partial charge in [0.05, 0.1) is 26.3 Å². The molecule has 0 radical (unpaired) electrons. The van der Waals surface area contributed by atoms with Crippen LogP contribution in [-0.2, 0) is 31.4 Å². The maximum Gasteiger partial charge on any atom is 0.255 e. The number of aromatic nitrogens is 1. The number of pyridine rings is 1. The molecular formula is C25H33N3O4. The summed E-state index contributed by atoms with van der Waals surface area (Å²) in [4.78, 5) is 29.6. The van der Waals surface area contributed by atoms with Gasteiger partial charge in [-0.05, 0) is 62.5 Å². The van der Waals surface area contributed by atoms with Crippen molar-refractivity contribution < 1.29 is 14.3 Å². The van der Waals surface area contributed by atoms with Gasteiger partial charge in [-0.1, -0.05) is 0 Å². The van der Waals surface area contributed by atoms with E-state index in [0.29, 0.717) is 38.4 Å².